The topological polar surface area (TPSA) is 3.24 Å². The SMILES string of the molecule is CCCCC1C(CCC)Cc2ccccc2N1C. The van der Waals surface area contributed by atoms with Crippen molar-refractivity contribution in [2.75, 3.05) is 11.9 Å². The molecule has 1 aliphatic rings. The first-order chi connectivity index (χ1) is 8.77. The van der Waals surface area contributed by atoms with Crippen LogP contribution in [0.15, 0.2) is 24.3 Å². The fraction of sp³-hybridized carbons (Fsp3) is 0.647. The Balaban J connectivity index is 2.21. The molecule has 2 atom stereocenters. The first-order valence-corrected chi connectivity index (χ1v) is 7.58. The van der Waals surface area contributed by atoms with Crippen molar-refractivity contribution >= 4 is 5.69 Å². The van der Waals surface area contributed by atoms with E-state index in [1.807, 2.05) is 0 Å². The Labute approximate surface area is 112 Å². The Morgan fingerprint density at radius 3 is 2.61 bits per heavy atom. The number of hydrogen-bond acceptors (Lipinski definition) is 1. The van der Waals surface area contributed by atoms with E-state index in [1.54, 1.807) is 5.56 Å². The molecule has 2 unspecified atom stereocenters. The molecule has 1 heterocycles. The largest absolute Gasteiger partial charge is 0.371 e. The molecule has 1 heteroatoms. The average molecular weight is 245 g/mol. The van der Waals surface area contributed by atoms with Gasteiger partial charge in [0.15, 0.2) is 0 Å². The standard InChI is InChI=1S/C17H27N/c1-4-6-11-16-14(9-5-2)13-15-10-7-8-12-17(15)18(16)3/h7-8,10,12,14,16H,4-6,9,11,13H2,1-3H3. The zero-order valence-corrected chi connectivity index (χ0v) is 12.2. The molecule has 100 valence electrons. The number of rotatable bonds is 5. The van der Waals surface area contributed by atoms with Gasteiger partial charge < -0.3 is 4.90 Å². The molecular formula is C17H27N. The molecular weight excluding hydrogens is 218 g/mol. The van der Waals surface area contributed by atoms with Crippen molar-refractivity contribution < 1.29 is 0 Å². The third kappa shape index (κ3) is 2.71. The Morgan fingerprint density at radius 1 is 1.11 bits per heavy atom. The smallest absolute Gasteiger partial charge is 0.0398 e. The van der Waals surface area contributed by atoms with Crippen LogP contribution in [-0.2, 0) is 6.42 Å². The molecule has 1 aromatic rings. The lowest BCUT2D eigenvalue weighted by molar-refractivity contribution is 0.339. The normalized spacial score (nSPS) is 22.9. The van der Waals surface area contributed by atoms with Gasteiger partial charge in [-0.25, -0.2) is 0 Å². The maximum Gasteiger partial charge on any atom is 0.0398 e. The van der Waals surface area contributed by atoms with Crippen molar-refractivity contribution in [2.45, 2.75) is 58.4 Å². The van der Waals surface area contributed by atoms with Crippen LogP contribution in [0.3, 0.4) is 0 Å². The average Bonchev–Trinajstić information content (AvgIpc) is 2.39. The fourth-order valence-electron chi connectivity index (χ4n) is 3.45. The number of hydrogen-bond donors (Lipinski definition) is 0. The Morgan fingerprint density at radius 2 is 1.89 bits per heavy atom. The maximum absolute atomic E-state index is 2.55. The summed E-state index contributed by atoms with van der Waals surface area (Å²) in [6, 6.07) is 9.70. The highest BCUT2D eigenvalue weighted by Crippen LogP contribution is 2.36. The van der Waals surface area contributed by atoms with Gasteiger partial charge in [0.25, 0.3) is 0 Å². The van der Waals surface area contributed by atoms with Crippen LogP contribution < -0.4 is 4.90 Å². The zero-order chi connectivity index (χ0) is 13.0. The van der Waals surface area contributed by atoms with Gasteiger partial charge in [-0.1, -0.05) is 51.3 Å². The van der Waals surface area contributed by atoms with Crippen LogP contribution in [0.5, 0.6) is 0 Å². The minimum Gasteiger partial charge on any atom is -0.371 e. The second-order valence-electron chi connectivity index (χ2n) is 5.70. The van der Waals surface area contributed by atoms with E-state index in [0.29, 0.717) is 0 Å². The molecule has 1 aromatic carbocycles. The molecule has 0 fully saturated rings. The molecule has 0 aliphatic carbocycles. The quantitative estimate of drug-likeness (QED) is 0.729. The van der Waals surface area contributed by atoms with Crippen molar-refractivity contribution in [3.05, 3.63) is 29.8 Å². The predicted octanol–water partition coefficient (Wildman–Crippen LogP) is 4.65. The lowest BCUT2D eigenvalue weighted by Gasteiger charge is -2.42. The van der Waals surface area contributed by atoms with Crippen LogP contribution in [-0.4, -0.2) is 13.1 Å². The summed E-state index contributed by atoms with van der Waals surface area (Å²) in [5.74, 6) is 0.849. The Hall–Kier alpha value is -0.980. The summed E-state index contributed by atoms with van der Waals surface area (Å²) in [6.45, 7) is 4.61. The summed E-state index contributed by atoms with van der Waals surface area (Å²) in [5, 5.41) is 0. The van der Waals surface area contributed by atoms with Gasteiger partial charge in [-0.05, 0) is 36.8 Å². The van der Waals surface area contributed by atoms with Gasteiger partial charge in [-0.3, -0.25) is 0 Å². The van der Waals surface area contributed by atoms with Crippen LogP contribution in [0.25, 0.3) is 0 Å². The summed E-state index contributed by atoms with van der Waals surface area (Å²) in [5.41, 5.74) is 3.01. The highest BCUT2D eigenvalue weighted by Gasteiger charge is 2.30. The summed E-state index contributed by atoms with van der Waals surface area (Å²) >= 11 is 0. The molecule has 0 saturated heterocycles. The van der Waals surface area contributed by atoms with Gasteiger partial charge in [0.05, 0.1) is 0 Å². The first-order valence-electron chi connectivity index (χ1n) is 7.58. The van der Waals surface area contributed by atoms with E-state index in [9.17, 15) is 0 Å². The molecule has 0 aromatic heterocycles. The van der Waals surface area contributed by atoms with Crippen LogP contribution in [0, 0.1) is 5.92 Å². The predicted molar refractivity (Wildman–Crippen MR) is 80.3 cm³/mol. The zero-order valence-electron chi connectivity index (χ0n) is 12.2. The number of unbranched alkanes of at least 4 members (excludes halogenated alkanes) is 1. The first kappa shape index (κ1) is 13.5. The van der Waals surface area contributed by atoms with Gasteiger partial charge in [0.1, 0.15) is 0 Å². The van der Waals surface area contributed by atoms with Gasteiger partial charge >= 0.3 is 0 Å². The van der Waals surface area contributed by atoms with Gasteiger partial charge in [-0.15, -0.1) is 0 Å². The molecule has 18 heavy (non-hydrogen) atoms. The number of benzene rings is 1. The molecule has 1 aliphatic heterocycles. The van der Waals surface area contributed by atoms with Gasteiger partial charge in [0, 0.05) is 18.8 Å². The lowest BCUT2D eigenvalue weighted by atomic mass is 9.81. The summed E-state index contributed by atoms with van der Waals surface area (Å²) in [6.07, 6.45) is 7.98. The molecule has 0 amide bonds. The molecule has 0 N–H and O–H groups in total. The second-order valence-corrected chi connectivity index (χ2v) is 5.70. The highest BCUT2D eigenvalue weighted by molar-refractivity contribution is 5.56. The van der Waals surface area contributed by atoms with Crippen LogP contribution >= 0.6 is 0 Å². The van der Waals surface area contributed by atoms with Crippen molar-refractivity contribution in [1.82, 2.24) is 0 Å². The van der Waals surface area contributed by atoms with Crippen LogP contribution in [0.4, 0.5) is 5.69 Å². The number of anilines is 1. The second kappa shape index (κ2) is 6.26. The molecule has 0 saturated carbocycles. The minimum atomic E-state index is 0.750. The summed E-state index contributed by atoms with van der Waals surface area (Å²) in [4.78, 5) is 2.55. The molecule has 0 bridgehead atoms. The van der Waals surface area contributed by atoms with Gasteiger partial charge in [-0.2, -0.15) is 0 Å². The van der Waals surface area contributed by atoms with Crippen molar-refractivity contribution in [3.63, 3.8) is 0 Å². The Kier molecular flexibility index (Phi) is 4.68. The maximum atomic E-state index is 2.55. The number of para-hydroxylation sites is 1. The van der Waals surface area contributed by atoms with E-state index in [0.717, 1.165) is 12.0 Å². The van der Waals surface area contributed by atoms with Crippen molar-refractivity contribution in [3.8, 4) is 0 Å². The van der Waals surface area contributed by atoms with E-state index in [4.69, 9.17) is 0 Å². The molecule has 0 radical (unpaired) electrons. The third-order valence-electron chi connectivity index (χ3n) is 4.41. The Bertz CT molecular complexity index is 372. The summed E-state index contributed by atoms with van der Waals surface area (Å²) in [7, 11) is 2.29. The van der Waals surface area contributed by atoms with Crippen molar-refractivity contribution in [2.24, 2.45) is 5.92 Å². The summed E-state index contributed by atoms with van der Waals surface area (Å²) < 4.78 is 0. The fourth-order valence-corrected chi connectivity index (χ4v) is 3.45. The lowest BCUT2D eigenvalue weighted by Crippen LogP contribution is -2.43. The highest BCUT2D eigenvalue weighted by atomic mass is 15.1. The molecule has 1 nitrogen and oxygen atoms in total. The van der Waals surface area contributed by atoms with E-state index >= 15 is 0 Å². The monoisotopic (exact) mass is 245 g/mol. The van der Waals surface area contributed by atoms with Crippen LogP contribution in [0.1, 0.15) is 51.5 Å². The van der Waals surface area contributed by atoms with Gasteiger partial charge in [0.2, 0.25) is 0 Å². The molecule has 0 spiro atoms. The van der Waals surface area contributed by atoms with E-state index in [1.165, 1.54) is 44.2 Å². The number of nitrogens with zero attached hydrogens (tertiary/aromatic N) is 1. The van der Waals surface area contributed by atoms with Crippen molar-refractivity contribution in [1.29, 1.82) is 0 Å². The third-order valence-corrected chi connectivity index (χ3v) is 4.41. The molecule has 2 rings (SSSR count). The van der Waals surface area contributed by atoms with E-state index in [2.05, 4.69) is 50.1 Å². The van der Waals surface area contributed by atoms with E-state index in [-0.39, 0.29) is 0 Å². The van der Waals surface area contributed by atoms with Crippen LogP contribution in [0.2, 0.25) is 0 Å². The minimum absolute atomic E-state index is 0.750. The van der Waals surface area contributed by atoms with E-state index < -0.39 is 0 Å². The number of fused-ring (bicyclic) bond motifs is 1.